The molecule has 0 spiro atoms. The van der Waals surface area contributed by atoms with E-state index in [1.165, 1.54) is 25.7 Å². The first-order valence-electron chi connectivity index (χ1n) is 3.90. The van der Waals surface area contributed by atoms with Crippen LogP contribution in [0.5, 0.6) is 0 Å². The molecule has 1 atom stereocenters. The van der Waals surface area contributed by atoms with Gasteiger partial charge in [-0.25, -0.2) is 0 Å². The maximum atomic E-state index is 5.23. The predicted octanol–water partition coefficient (Wildman–Crippen LogP) is 1.78. The highest BCUT2D eigenvalue weighted by Gasteiger charge is 2.32. The Labute approximate surface area is 56.4 Å². The second-order valence-electron chi connectivity index (χ2n) is 3.08. The van der Waals surface area contributed by atoms with Gasteiger partial charge in [-0.2, -0.15) is 0 Å². The summed E-state index contributed by atoms with van der Waals surface area (Å²) in [4.78, 5) is 0. The van der Waals surface area contributed by atoms with Gasteiger partial charge >= 0.3 is 0 Å². The van der Waals surface area contributed by atoms with Gasteiger partial charge in [0.15, 0.2) is 0 Å². The molecular formula is C8H13O. The van der Waals surface area contributed by atoms with Crippen LogP contribution in [0.1, 0.15) is 25.7 Å². The molecule has 0 aromatic rings. The van der Waals surface area contributed by atoms with Gasteiger partial charge in [0.05, 0.1) is 12.7 Å². The zero-order chi connectivity index (χ0) is 6.10. The summed E-state index contributed by atoms with van der Waals surface area (Å²) in [5.41, 5.74) is 0. The Morgan fingerprint density at radius 3 is 2.44 bits per heavy atom. The third-order valence-corrected chi connectivity index (χ3v) is 2.37. The van der Waals surface area contributed by atoms with Crippen LogP contribution in [-0.2, 0) is 4.74 Å². The third kappa shape index (κ3) is 1.26. The van der Waals surface area contributed by atoms with E-state index in [-0.39, 0.29) is 0 Å². The lowest BCUT2D eigenvalue weighted by molar-refractivity contribution is 0.286. The highest BCUT2D eigenvalue weighted by Crippen LogP contribution is 2.32. The van der Waals surface area contributed by atoms with Gasteiger partial charge in [0.25, 0.3) is 0 Å². The lowest BCUT2D eigenvalue weighted by atomic mass is 9.87. The van der Waals surface area contributed by atoms with Gasteiger partial charge < -0.3 is 4.74 Å². The molecule has 9 heavy (non-hydrogen) atoms. The van der Waals surface area contributed by atoms with E-state index in [2.05, 4.69) is 6.42 Å². The first kappa shape index (κ1) is 5.72. The molecule has 2 rings (SSSR count). The summed E-state index contributed by atoms with van der Waals surface area (Å²) >= 11 is 0. The monoisotopic (exact) mass is 125 g/mol. The molecule has 1 saturated heterocycles. The van der Waals surface area contributed by atoms with Gasteiger partial charge in [0.2, 0.25) is 0 Å². The van der Waals surface area contributed by atoms with E-state index in [0.717, 1.165) is 12.5 Å². The van der Waals surface area contributed by atoms with Crippen LogP contribution < -0.4 is 0 Å². The average molecular weight is 125 g/mol. The van der Waals surface area contributed by atoms with E-state index in [0.29, 0.717) is 6.10 Å². The molecule has 1 aliphatic carbocycles. The molecule has 1 nitrogen and oxygen atoms in total. The molecule has 0 bridgehead atoms. The van der Waals surface area contributed by atoms with Crippen LogP contribution >= 0.6 is 0 Å². The van der Waals surface area contributed by atoms with Crippen LogP contribution in [-0.4, -0.2) is 12.7 Å². The Kier molecular flexibility index (Phi) is 1.46. The summed E-state index contributed by atoms with van der Waals surface area (Å²) in [5, 5.41) is 0. The maximum absolute atomic E-state index is 5.23. The van der Waals surface area contributed by atoms with Crippen LogP contribution in [0.15, 0.2) is 0 Å². The van der Waals surface area contributed by atoms with Crippen molar-refractivity contribution in [2.45, 2.75) is 31.8 Å². The van der Waals surface area contributed by atoms with E-state index in [1.54, 1.807) is 0 Å². The summed E-state index contributed by atoms with van der Waals surface area (Å²) in [7, 11) is 0. The molecular weight excluding hydrogens is 112 g/mol. The molecule has 1 heteroatoms. The van der Waals surface area contributed by atoms with Crippen LogP contribution in [0.25, 0.3) is 0 Å². The molecule has 0 amide bonds. The fourth-order valence-corrected chi connectivity index (χ4v) is 1.65. The van der Waals surface area contributed by atoms with Crippen molar-refractivity contribution in [2.75, 3.05) is 6.61 Å². The SMILES string of the molecule is [CH]1CCC(C2CO2)CC1. The minimum absolute atomic E-state index is 0.665. The lowest BCUT2D eigenvalue weighted by Crippen LogP contribution is -2.12. The highest BCUT2D eigenvalue weighted by molar-refractivity contribution is 4.85. The highest BCUT2D eigenvalue weighted by atomic mass is 16.6. The van der Waals surface area contributed by atoms with Gasteiger partial charge in [-0.15, -0.1) is 0 Å². The van der Waals surface area contributed by atoms with Gasteiger partial charge in [-0.3, -0.25) is 0 Å². The Hall–Kier alpha value is -0.0400. The number of ether oxygens (including phenoxy) is 1. The molecule has 1 unspecified atom stereocenters. The summed E-state index contributed by atoms with van der Waals surface area (Å²) in [6.07, 6.45) is 8.47. The van der Waals surface area contributed by atoms with E-state index >= 15 is 0 Å². The van der Waals surface area contributed by atoms with Gasteiger partial charge in [0.1, 0.15) is 0 Å². The zero-order valence-electron chi connectivity index (χ0n) is 5.68. The van der Waals surface area contributed by atoms with Crippen LogP contribution in [0.2, 0.25) is 0 Å². The van der Waals surface area contributed by atoms with Crippen molar-refractivity contribution < 1.29 is 4.74 Å². The smallest absolute Gasteiger partial charge is 0.0838 e. The molecule has 1 saturated carbocycles. The van der Waals surface area contributed by atoms with Crippen molar-refractivity contribution in [3.63, 3.8) is 0 Å². The fourth-order valence-electron chi connectivity index (χ4n) is 1.65. The number of hydrogen-bond donors (Lipinski definition) is 0. The number of rotatable bonds is 1. The summed E-state index contributed by atoms with van der Waals surface area (Å²) in [6, 6.07) is 0. The van der Waals surface area contributed by atoms with Crippen molar-refractivity contribution in [3.05, 3.63) is 6.42 Å². The molecule has 0 N–H and O–H groups in total. The summed E-state index contributed by atoms with van der Waals surface area (Å²) < 4.78 is 5.23. The van der Waals surface area contributed by atoms with Crippen LogP contribution in [0, 0.1) is 12.3 Å². The normalized spacial score (nSPS) is 36.7. The molecule has 1 heterocycles. The Morgan fingerprint density at radius 1 is 1.22 bits per heavy atom. The first-order valence-corrected chi connectivity index (χ1v) is 3.90. The van der Waals surface area contributed by atoms with Crippen molar-refractivity contribution in [1.82, 2.24) is 0 Å². The fraction of sp³-hybridized carbons (Fsp3) is 0.875. The van der Waals surface area contributed by atoms with Crippen molar-refractivity contribution in [2.24, 2.45) is 5.92 Å². The summed E-state index contributed by atoms with van der Waals surface area (Å²) in [5.74, 6) is 0.912. The summed E-state index contributed by atoms with van der Waals surface area (Å²) in [6.45, 7) is 1.05. The largest absolute Gasteiger partial charge is 0.373 e. The molecule has 2 aliphatic rings. The van der Waals surface area contributed by atoms with E-state index in [4.69, 9.17) is 4.74 Å². The minimum Gasteiger partial charge on any atom is -0.373 e. The predicted molar refractivity (Wildman–Crippen MR) is 36.0 cm³/mol. The molecule has 51 valence electrons. The van der Waals surface area contributed by atoms with Crippen molar-refractivity contribution in [1.29, 1.82) is 0 Å². The molecule has 0 aromatic heterocycles. The third-order valence-electron chi connectivity index (χ3n) is 2.37. The van der Waals surface area contributed by atoms with Crippen molar-refractivity contribution >= 4 is 0 Å². The quantitative estimate of drug-likeness (QED) is 0.487. The Morgan fingerprint density at radius 2 is 1.89 bits per heavy atom. The van der Waals surface area contributed by atoms with Crippen molar-refractivity contribution in [3.8, 4) is 0 Å². The lowest BCUT2D eigenvalue weighted by Gasteiger charge is -2.18. The van der Waals surface area contributed by atoms with Gasteiger partial charge in [0, 0.05) is 0 Å². The van der Waals surface area contributed by atoms with Gasteiger partial charge in [-0.1, -0.05) is 0 Å². The molecule has 2 fully saturated rings. The Balaban J connectivity index is 1.80. The average Bonchev–Trinajstić information content (AvgIpc) is 2.71. The molecule has 0 aromatic carbocycles. The zero-order valence-corrected chi connectivity index (χ0v) is 5.68. The maximum Gasteiger partial charge on any atom is 0.0838 e. The molecule has 1 radical (unpaired) electrons. The second kappa shape index (κ2) is 2.30. The topological polar surface area (TPSA) is 12.5 Å². The molecule has 1 aliphatic heterocycles. The van der Waals surface area contributed by atoms with E-state index in [9.17, 15) is 0 Å². The number of hydrogen-bond acceptors (Lipinski definition) is 1. The van der Waals surface area contributed by atoms with E-state index < -0.39 is 0 Å². The Bertz CT molecular complexity index is 90.7. The first-order chi connectivity index (χ1) is 4.47. The second-order valence-corrected chi connectivity index (χ2v) is 3.08. The number of epoxide rings is 1. The minimum atomic E-state index is 0.665. The van der Waals surface area contributed by atoms with E-state index in [1.807, 2.05) is 0 Å². The van der Waals surface area contributed by atoms with Gasteiger partial charge in [-0.05, 0) is 38.0 Å². The standard InChI is InChI=1S/C8H13O/c1-2-4-7(5-3-1)8-6-9-8/h1,7-8H,2-6H2. The van der Waals surface area contributed by atoms with Crippen LogP contribution in [0.4, 0.5) is 0 Å². The van der Waals surface area contributed by atoms with Crippen LogP contribution in [0.3, 0.4) is 0 Å².